The summed E-state index contributed by atoms with van der Waals surface area (Å²) in [4.78, 5) is 71.0. The number of fused-ring (bicyclic) bond motifs is 2. The highest BCUT2D eigenvalue weighted by molar-refractivity contribution is 6.05. The lowest BCUT2D eigenvalue weighted by molar-refractivity contribution is -0.384. The van der Waals surface area contributed by atoms with Crippen molar-refractivity contribution in [3.05, 3.63) is 191 Å². The first-order chi connectivity index (χ1) is 30.0. The number of nitrogens with one attached hydrogen (secondary N) is 2. The number of non-ortho nitro benzene ring substituents is 1. The zero-order valence-electron chi connectivity index (χ0n) is 32.8. The molecule has 62 heavy (non-hydrogen) atoms. The molecule has 0 aliphatic carbocycles. The third-order valence-corrected chi connectivity index (χ3v) is 9.87. The van der Waals surface area contributed by atoms with Crippen molar-refractivity contribution in [2.24, 2.45) is 0 Å². The Morgan fingerprint density at radius 1 is 0.645 bits per heavy atom. The van der Waals surface area contributed by atoms with Gasteiger partial charge in [0.15, 0.2) is 0 Å². The Balaban J connectivity index is 0.000000187. The molecule has 2 atom stereocenters. The van der Waals surface area contributed by atoms with Crippen LogP contribution >= 0.6 is 0 Å². The molecule has 0 radical (unpaired) electrons. The van der Waals surface area contributed by atoms with Gasteiger partial charge in [0, 0.05) is 41.5 Å². The van der Waals surface area contributed by atoms with Gasteiger partial charge >= 0.3 is 11.9 Å². The quantitative estimate of drug-likeness (QED) is 0.0608. The Morgan fingerprint density at radius 3 is 1.69 bits per heavy atom. The van der Waals surface area contributed by atoms with Crippen molar-refractivity contribution in [1.29, 1.82) is 0 Å². The van der Waals surface area contributed by atoms with Crippen molar-refractivity contribution in [3.8, 4) is 0 Å². The van der Waals surface area contributed by atoms with Gasteiger partial charge in [0.1, 0.15) is 0 Å². The monoisotopic (exact) mass is 830 g/mol. The number of rotatable bonds is 14. The fourth-order valence-corrected chi connectivity index (χ4v) is 7.01. The highest BCUT2D eigenvalue weighted by atomic mass is 16.6. The van der Waals surface area contributed by atoms with Crippen LogP contribution < -0.4 is 10.6 Å². The van der Waals surface area contributed by atoms with Gasteiger partial charge in [-0.15, -0.1) is 0 Å². The van der Waals surface area contributed by atoms with Crippen LogP contribution in [0.4, 0.5) is 17.1 Å². The zero-order chi connectivity index (χ0) is 43.6. The zero-order valence-corrected chi connectivity index (χ0v) is 32.8. The van der Waals surface area contributed by atoms with Crippen LogP contribution in [0.2, 0.25) is 0 Å². The molecule has 8 aromatic rings. The molecular weight excluding hydrogens is 793 g/mol. The van der Waals surface area contributed by atoms with Gasteiger partial charge in [-0.25, -0.2) is 9.97 Å². The Bertz CT molecular complexity index is 2880. The molecular formula is C46H38N8O8. The third-order valence-electron chi connectivity index (χ3n) is 9.87. The van der Waals surface area contributed by atoms with E-state index in [-0.39, 0.29) is 42.5 Å². The summed E-state index contributed by atoms with van der Waals surface area (Å²) in [5.74, 6) is -2.44. The summed E-state index contributed by atoms with van der Waals surface area (Å²) in [6.07, 6.45) is 6.62. The lowest BCUT2D eigenvalue weighted by Gasteiger charge is -2.18. The van der Waals surface area contributed by atoms with Crippen molar-refractivity contribution in [1.82, 2.24) is 24.1 Å². The normalized spacial score (nSPS) is 11.8. The van der Waals surface area contributed by atoms with E-state index >= 15 is 0 Å². The maximum Gasteiger partial charge on any atom is 0.305 e. The predicted molar refractivity (Wildman–Crippen MR) is 231 cm³/mol. The maximum atomic E-state index is 12.5. The second kappa shape index (κ2) is 19.0. The minimum absolute atomic E-state index is 0.0565. The number of nitrogens with zero attached hydrogens (tertiary/aromatic N) is 6. The molecule has 310 valence electrons. The molecule has 3 heterocycles. The van der Waals surface area contributed by atoms with E-state index in [0.717, 1.165) is 22.2 Å². The van der Waals surface area contributed by atoms with Crippen molar-refractivity contribution in [3.63, 3.8) is 0 Å². The fourth-order valence-electron chi connectivity index (χ4n) is 7.01. The second-order valence-corrected chi connectivity index (χ2v) is 14.1. The number of aliphatic carboxylic acids is 2. The number of hydrogen-bond acceptors (Lipinski definition) is 9. The number of amides is 2. The number of benzene rings is 5. The molecule has 4 N–H and O–H groups in total. The van der Waals surface area contributed by atoms with Crippen LogP contribution in [0.3, 0.4) is 0 Å². The van der Waals surface area contributed by atoms with Crippen LogP contribution in [-0.2, 0) is 20.8 Å². The van der Waals surface area contributed by atoms with Crippen LogP contribution in [0, 0.1) is 10.1 Å². The number of anilines is 2. The summed E-state index contributed by atoms with van der Waals surface area (Å²) in [6, 6.07) is 37.6. The second-order valence-electron chi connectivity index (χ2n) is 14.1. The van der Waals surface area contributed by atoms with Crippen LogP contribution in [-0.4, -0.2) is 63.0 Å². The molecule has 3 aromatic heterocycles. The first-order valence-electron chi connectivity index (χ1n) is 19.2. The SMILES string of the molecule is O=C(O)CC(c1ccccc1)n1cnc2cc(NC(=O)Cc3cccnc3)ccc21.O=C(O)CC(c1ccccc1)n1cnc2cc(NC(=O)c3cccc([N+](=O)[O-])c3)ccc21. The summed E-state index contributed by atoms with van der Waals surface area (Å²) in [5, 5.41) is 35.3. The molecule has 0 saturated heterocycles. The Morgan fingerprint density at radius 2 is 1.19 bits per heavy atom. The first-order valence-corrected chi connectivity index (χ1v) is 19.2. The topological polar surface area (TPSA) is 224 Å². The lowest BCUT2D eigenvalue weighted by atomic mass is 10.0. The third kappa shape index (κ3) is 10.2. The van der Waals surface area contributed by atoms with Crippen molar-refractivity contribution in [2.75, 3.05) is 10.6 Å². The molecule has 16 heteroatoms. The highest BCUT2D eigenvalue weighted by Gasteiger charge is 2.22. The number of aromatic nitrogens is 5. The van der Waals surface area contributed by atoms with Crippen molar-refractivity contribution < 1.29 is 34.3 Å². The van der Waals surface area contributed by atoms with Crippen LogP contribution in [0.25, 0.3) is 22.1 Å². The summed E-state index contributed by atoms with van der Waals surface area (Å²) < 4.78 is 3.66. The van der Waals surface area contributed by atoms with E-state index in [1.807, 2.05) is 77.4 Å². The van der Waals surface area contributed by atoms with Gasteiger partial charge < -0.3 is 30.0 Å². The minimum atomic E-state index is -0.929. The molecule has 8 rings (SSSR count). The number of carboxylic acids is 2. The Labute approximate surface area is 353 Å². The molecule has 0 spiro atoms. The molecule has 0 bridgehead atoms. The Hall–Kier alpha value is -8.53. The van der Waals surface area contributed by atoms with Gasteiger partial charge in [0.05, 0.1) is 71.0 Å². The number of imidazole rings is 2. The summed E-state index contributed by atoms with van der Waals surface area (Å²) in [5.41, 5.74) is 6.44. The number of nitro groups is 1. The number of carboxylic acid groups (broad SMARTS) is 2. The van der Waals surface area contributed by atoms with Gasteiger partial charge in [-0.05, 0) is 65.2 Å². The van der Waals surface area contributed by atoms with Gasteiger partial charge in [-0.2, -0.15) is 0 Å². The van der Waals surface area contributed by atoms with Gasteiger partial charge in [0.25, 0.3) is 11.6 Å². The number of pyridine rings is 1. The fraction of sp³-hybridized carbons (Fsp3) is 0.109. The van der Waals surface area contributed by atoms with Gasteiger partial charge in [-0.1, -0.05) is 72.8 Å². The van der Waals surface area contributed by atoms with E-state index in [9.17, 15) is 39.5 Å². The van der Waals surface area contributed by atoms with Gasteiger partial charge in [0.2, 0.25) is 5.91 Å². The van der Waals surface area contributed by atoms with E-state index in [0.29, 0.717) is 27.9 Å². The van der Waals surface area contributed by atoms with E-state index in [1.54, 1.807) is 66.0 Å². The lowest BCUT2D eigenvalue weighted by Crippen LogP contribution is -2.15. The number of hydrogen-bond donors (Lipinski definition) is 4. The van der Waals surface area contributed by atoms with E-state index in [4.69, 9.17) is 0 Å². The molecule has 2 unspecified atom stereocenters. The molecule has 0 saturated carbocycles. The van der Waals surface area contributed by atoms with E-state index in [1.165, 1.54) is 24.3 Å². The van der Waals surface area contributed by atoms with Crippen molar-refractivity contribution in [2.45, 2.75) is 31.3 Å². The molecule has 5 aromatic carbocycles. The number of carbonyl (C=O) groups excluding carboxylic acids is 2. The van der Waals surface area contributed by atoms with Crippen molar-refractivity contribution >= 4 is 62.9 Å². The first kappa shape index (κ1) is 41.6. The van der Waals surface area contributed by atoms with E-state index < -0.39 is 28.8 Å². The maximum absolute atomic E-state index is 12.5. The Kier molecular flexibility index (Phi) is 12.8. The summed E-state index contributed by atoms with van der Waals surface area (Å²) >= 11 is 0. The van der Waals surface area contributed by atoms with Gasteiger partial charge in [-0.3, -0.25) is 34.3 Å². The molecule has 0 aliphatic rings. The predicted octanol–water partition coefficient (Wildman–Crippen LogP) is 7.94. The van der Waals surface area contributed by atoms with E-state index in [2.05, 4.69) is 25.6 Å². The average molecular weight is 831 g/mol. The number of nitro benzene ring substituents is 1. The molecule has 0 aliphatic heterocycles. The minimum Gasteiger partial charge on any atom is -0.481 e. The van der Waals surface area contributed by atoms with Crippen LogP contribution in [0.1, 0.15) is 52.0 Å². The molecule has 16 nitrogen and oxygen atoms in total. The number of carbonyl (C=O) groups is 4. The van der Waals surface area contributed by atoms with Crippen LogP contribution in [0.5, 0.6) is 0 Å². The smallest absolute Gasteiger partial charge is 0.305 e. The van der Waals surface area contributed by atoms with Crippen LogP contribution in [0.15, 0.2) is 159 Å². The molecule has 2 amide bonds. The summed E-state index contributed by atoms with van der Waals surface area (Å²) in [7, 11) is 0. The molecule has 0 fully saturated rings. The largest absolute Gasteiger partial charge is 0.481 e. The standard InChI is InChI=1S/C23H18N4O5.C23H20N4O3/c28-22(29)13-21(15-5-2-1-3-6-15)26-14-24-19-12-17(9-10-20(19)26)25-23(30)16-7-4-8-18(11-16)27(31)32;28-22(11-16-5-4-10-24-14-16)26-18-8-9-20-19(12-18)25-15-27(20)21(13-23(29)30)17-6-2-1-3-7-17/h1-12,14,21H,13H2,(H,25,30)(H,28,29);1-10,12,14-15,21H,11,13H2,(H,26,28)(H,29,30). The summed E-state index contributed by atoms with van der Waals surface area (Å²) in [6.45, 7) is 0. The average Bonchev–Trinajstić information content (AvgIpc) is 3.89. The highest BCUT2D eigenvalue weighted by Crippen LogP contribution is 2.30.